The Labute approximate surface area is 496 Å². The van der Waals surface area contributed by atoms with Gasteiger partial charge in [-0.25, -0.2) is 0 Å². The summed E-state index contributed by atoms with van der Waals surface area (Å²) in [6.07, 6.45) is 1.69. The minimum absolute atomic E-state index is 0.0351. The van der Waals surface area contributed by atoms with Crippen LogP contribution in [0.2, 0.25) is 0 Å². The molecule has 17 N–H and O–H groups in total. The maximum atomic E-state index is 14.8. The molecule has 3 rings (SSSR count). The van der Waals surface area contributed by atoms with Crippen LogP contribution in [0.25, 0.3) is 10.9 Å². The summed E-state index contributed by atoms with van der Waals surface area (Å²) >= 11 is 0. The third-order valence-electron chi connectivity index (χ3n) is 14.7. The van der Waals surface area contributed by atoms with Crippen molar-refractivity contribution in [1.82, 2.24) is 52.8 Å². The molecule has 0 saturated carbocycles. The maximum absolute atomic E-state index is 14.8. The van der Waals surface area contributed by atoms with E-state index in [1.165, 1.54) is 7.05 Å². The number of carbonyl (C=O) groups is 12. The van der Waals surface area contributed by atoms with Crippen molar-refractivity contribution in [3.05, 3.63) is 71.9 Å². The van der Waals surface area contributed by atoms with Crippen molar-refractivity contribution in [3.8, 4) is 0 Å². The summed E-state index contributed by atoms with van der Waals surface area (Å²) in [5.41, 5.74) is 18.4. The summed E-state index contributed by atoms with van der Waals surface area (Å²) in [7, 11) is 1.35. The first-order valence-corrected chi connectivity index (χ1v) is 28.9. The molecule has 11 atom stereocenters. The van der Waals surface area contributed by atoms with Crippen molar-refractivity contribution < 1.29 is 62.6 Å². The number of aliphatic carboxylic acids is 1. The number of hydrogen-bond donors (Lipinski definition) is 14. The summed E-state index contributed by atoms with van der Waals surface area (Å²) in [6.45, 7) is 12.5. The second kappa shape index (κ2) is 35.7. The number of amides is 11. The number of aromatic nitrogens is 1. The fourth-order valence-corrected chi connectivity index (χ4v) is 9.31. The molecule has 468 valence electrons. The van der Waals surface area contributed by atoms with E-state index in [0.717, 1.165) is 0 Å². The first kappa shape index (κ1) is 70.8. The molecule has 2 aromatic carbocycles. The quantitative estimate of drug-likeness (QED) is 0.0339. The van der Waals surface area contributed by atoms with Gasteiger partial charge in [-0.2, -0.15) is 0 Å². The standard InChI is InChI=1S/C59H89N13O13/c1-9-33(5)49(58(84)65-40(52(78)63-8)23-24-46(61)73)71-56(82)41(26-32(3)4)67-53(79)43(28-37-31-64-39-22-15-14-21-38(37)39)69-54(80)44(29-47(62)74)70-59(85)50(34(6)10-2)72-57(83)42(27-36-19-12-11-13-20-36)68-55(81)45(30-48(75)76)66-51(77)35(7)18-16-17-25-60/h11-15,19-22,31-35,40-45,49-50,64H,9-10,16-18,23-30,60H2,1-8H3,(H2,61,73)(H2,62,74)(H,63,78)(H,65,84)(H,66,77)(H,67,79)(H,68,81)(H,69,80)(H,70,85)(H,71,82)(H,72,83)(H,75,76)/t33-,34-,35-,40-,41-,42-,43-,44-,45-,49?,50-/m0/s1. The van der Waals surface area contributed by atoms with Gasteiger partial charge in [-0.3, -0.25) is 57.5 Å². The highest BCUT2D eigenvalue weighted by Gasteiger charge is 2.38. The van der Waals surface area contributed by atoms with Crippen molar-refractivity contribution >= 4 is 81.9 Å². The number of nitrogens with two attached hydrogens (primary N) is 3. The first-order chi connectivity index (χ1) is 40.2. The summed E-state index contributed by atoms with van der Waals surface area (Å²) in [6, 6.07) is 4.07. The molecule has 11 amide bonds. The number of rotatable bonds is 38. The van der Waals surface area contributed by atoms with Gasteiger partial charge in [0.1, 0.15) is 48.3 Å². The highest BCUT2D eigenvalue weighted by Crippen LogP contribution is 2.21. The van der Waals surface area contributed by atoms with Crippen LogP contribution in [-0.2, 0) is 70.4 Å². The zero-order valence-corrected chi connectivity index (χ0v) is 50.0. The highest BCUT2D eigenvalue weighted by molar-refractivity contribution is 6.00. The largest absolute Gasteiger partial charge is 0.481 e. The van der Waals surface area contributed by atoms with E-state index >= 15 is 0 Å². The zero-order chi connectivity index (χ0) is 63.5. The van der Waals surface area contributed by atoms with Crippen molar-refractivity contribution in [1.29, 1.82) is 0 Å². The van der Waals surface area contributed by atoms with Gasteiger partial charge < -0.3 is 75.1 Å². The number of carboxylic acid groups (broad SMARTS) is 1. The minimum atomic E-state index is -1.77. The second-order valence-electron chi connectivity index (χ2n) is 22.1. The van der Waals surface area contributed by atoms with Crippen LogP contribution in [-0.4, -0.2) is 143 Å². The molecule has 26 nitrogen and oxygen atoms in total. The number of H-pyrrole nitrogens is 1. The number of nitrogens with one attached hydrogen (secondary N) is 10. The number of unbranched alkanes of at least 4 members (excludes halogenated alkanes) is 1. The van der Waals surface area contributed by atoms with E-state index in [4.69, 9.17) is 17.2 Å². The smallest absolute Gasteiger partial charge is 0.305 e. The third-order valence-corrected chi connectivity index (χ3v) is 14.7. The fraction of sp³-hybridized carbons (Fsp3) is 0.559. The predicted molar refractivity (Wildman–Crippen MR) is 317 cm³/mol. The van der Waals surface area contributed by atoms with Crippen LogP contribution in [0.3, 0.4) is 0 Å². The molecule has 26 heteroatoms. The lowest BCUT2D eigenvalue weighted by Gasteiger charge is -2.30. The molecule has 0 spiro atoms. The summed E-state index contributed by atoms with van der Waals surface area (Å²) in [5, 5.41) is 33.9. The number of carbonyl (C=O) groups excluding carboxylic acids is 11. The van der Waals surface area contributed by atoms with Crippen LogP contribution in [0.4, 0.5) is 0 Å². The SMILES string of the molecule is CC[C@H](C)C(NC(=O)[C@H](CC(C)C)NC(=O)[C@H](Cc1c[nH]c2ccccc12)NC(=O)[C@H](CC(N)=O)NC(=O)[C@@H](NC(=O)[C@H](Cc1ccccc1)NC(=O)[C@H](CC(=O)O)NC(=O)[C@@H](C)CCCCN)[C@@H](C)CC)C(=O)N[C@@H](CCC(N)=O)C(=O)NC. The number of para-hydroxylation sites is 1. The first-order valence-electron chi connectivity index (χ1n) is 28.9. The molecule has 1 heterocycles. The Morgan fingerprint density at radius 1 is 0.518 bits per heavy atom. The van der Waals surface area contributed by atoms with Crippen molar-refractivity contribution in [2.24, 2.45) is 40.9 Å². The average molecular weight is 1190 g/mol. The molecule has 85 heavy (non-hydrogen) atoms. The number of fused-ring (bicyclic) bond motifs is 1. The molecule has 0 bridgehead atoms. The van der Waals surface area contributed by atoms with Crippen molar-refractivity contribution in [2.75, 3.05) is 13.6 Å². The van der Waals surface area contributed by atoms with Crippen LogP contribution < -0.4 is 65.1 Å². The Morgan fingerprint density at radius 2 is 1.00 bits per heavy atom. The van der Waals surface area contributed by atoms with Crippen LogP contribution >= 0.6 is 0 Å². The monoisotopic (exact) mass is 1190 g/mol. The van der Waals surface area contributed by atoms with Gasteiger partial charge in [0.15, 0.2) is 0 Å². The van der Waals surface area contributed by atoms with E-state index in [-0.39, 0.29) is 44.4 Å². The van der Waals surface area contributed by atoms with Crippen LogP contribution in [0, 0.1) is 23.7 Å². The molecule has 0 aliphatic carbocycles. The third kappa shape index (κ3) is 23.6. The van der Waals surface area contributed by atoms with Gasteiger partial charge in [0, 0.05) is 49.3 Å². The number of primary amides is 2. The number of likely N-dealkylation sites (N-methyl/N-ethyl adjacent to an activating group) is 1. The van der Waals surface area contributed by atoms with Gasteiger partial charge in [0.2, 0.25) is 65.0 Å². The molecule has 1 unspecified atom stereocenters. The van der Waals surface area contributed by atoms with Crippen molar-refractivity contribution in [3.63, 3.8) is 0 Å². The number of aromatic amines is 1. The molecular formula is C59H89N13O13. The molecule has 0 saturated heterocycles. The van der Waals surface area contributed by atoms with E-state index in [1.54, 1.807) is 109 Å². The Morgan fingerprint density at radius 3 is 1.53 bits per heavy atom. The lowest BCUT2D eigenvalue weighted by Crippen LogP contribution is -2.62. The van der Waals surface area contributed by atoms with Gasteiger partial charge in [0.25, 0.3) is 0 Å². The molecular weight excluding hydrogens is 1100 g/mol. The molecule has 0 fully saturated rings. The number of benzene rings is 2. The van der Waals surface area contributed by atoms with E-state index in [0.29, 0.717) is 54.3 Å². The van der Waals surface area contributed by atoms with Gasteiger partial charge in [-0.15, -0.1) is 0 Å². The topological polar surface area (TPSA) is 427 Å². The molecule has 1 aromatic heterocycles. The lowest BCUT2D eigenvalue weighted by molar-refractivity contribution is -0.141. The van der Waals surface area contributed by atoms with Crippen molar-refractivity contribution in [2.45, 2.75) is 174 Å². The Bertz CT molecular complexity index is 2770. The summed E-state index contributed by atoms with van der Waals surface area (Å²) < 4.78 is 0. The average Bonchev–Trinajstić information content (AvgIpc) is 3.97. The van der Waals surface area contributed by atoms with Gasteiger partial charge >= 0.3 is 5.97 Å². The predicted octanol–water partition coefficient (Wildman–Crippen LogP) is 0.0965. The van der Waals surface area contributed by atoms with Gasteiger partial charge in [0.05, 0.1) is 12.8 Å². The Kier molecular flexibility index (Phi) is 29.7. The maximum Gasteiger partial charge on any atom is 0.305 e. The van der Waals surface area contributed by atoms with Crippen LogP contribution in [0.5, 0.6) is 0 Å². The molecule has 0 aliphatic rings. The number of hydrogen-bond acceptors (Lipinski definition) is 13. The molecule has 0 radical (unpaired) electrons. The Hall–Kier alpha value is -8.42. The second-order valence-corrected chi connectivity index (χ2v) is 22.1. The fourth-order valence-electron chi connectivity index (χ4n) is 9.31. The van der Waals surface area contributed by atoms with E-state index in [1.807, 2.05) is 0 Å². The molecule has 3 aromatic rings. The van der Waals surface area contributed by atoms with E-state index in [9.17, 15) is 62.6 Å². The number of carboxylic acids is 1. The zero-order valence-electron chi connectivity index (χ0n) is 50.0. The lowest BCUT2D eigenvalue weighted by atomic mass is 9.95. The normalized spacial score (nSPS) is 15.1. The minimum Gasteiger partial charge on any atom is -0.481 e. The van der Waals surface area contributed by atoms with Crippen LogP contribution in [0.1, 0.15) is 124 Å². The van der Waals surface area contributed by atoms with Crippen LogP contribution in [0.15, 0.2) is 60.8 Å². The Balaban J connectivity index is 2.01. The summed E-state index contributed by atoms with van der Waals surface area (Å²) in [5.74, 6) is -12.6. The summed E-state index contributed by atoms with van der Waals surface area (Å²) in [4.78, 5) is 166. The van der Waals surface area contributed by atoms with Gasteiger partial charge in [-0.1, -0.05) is 116 Å². The highest BCUT2D eigenvalue weighted by atomic mass is 16.4. The van der Waals surface area contributed by atoms with E-state index in [2.05, 4.69) is 52.8 Å². The molecule has 0 aliphatic heterocycles. The van der Waals surface area contributed by atoms with E-state index < -0.39 is 150 Å². The van der Waals surface area contributed by atoms with Gasteiger partial charge in [-0.05, 0) is 67.2 Å².